The summed E-state index contributed by atoms with van der Waals surface area (Å²) in [5.74, 6) is -0.312. The molecule has 0 atom stereocenters. The van der Waals surface area contributed by atoms with Gasteiger partial charge in [-0.1, -0.05) is 0 Å². The van der Waals surface area contributed by atoms with Crippen molar-refractivity contribution < 1.29 is 21.2 Å². The van der Waals surface area contributed by atoms with Gasteiger partial charge in [0.25, 0.3) is 0 Å². The minimum atomic E-state index is -3.72. The fraction of sp³-hybridized carbons (Fsp3) is 0.368. The van der Waals surface area contributed by atoms with Gasteiger partial charge in [0.1, 0.15) is 5.82 Å². The highest BCUT2D eigenvalue weighted by Gasteiger charge is 2.30. The molecule has 2 aromatic carbocycles. The third-order valence-electron chi connectivity index (χ3n) is 5.10. The average molecular weight is 440 g/mol. The molecule has 0 unspecified atom stereocenters. The van der Waals surface area contributed by atoms with Crippen LogP contribution in [0.3, 0.4) is 0 Å². The van der Waals surface area contributed by atoms with Crippen molar-refractivity contribution in [1.82, 2.24) is 9.03 Å². The molecular weight excluding hydrogens is 417 g/mol. The first-order valence-electron chi connectivity index (χ1n) is 9.39. The van der Waals surface area contributed by atoms with Crippen LogP contribution in [-0.2, 0) is 20.0 Å². The van der Waals surface area contributed by atoms with Crippen LogP contribution in [0.15, 0.2) is 58.3 Å². The van der Waals surface area contributed by atoms with Crippen LogP contribution in [-0.4, -0.2) is 53.4 Å². The van der Waals surface area contributed by atoms with E-state index in [1.807, 2.05) is 4.90 Å². The summed E-state index contributed by atoms with van der Waals surface area (Å²) in [4.78, 5) is 2.13. The van der Waals surface area contributed by atoms with E-state index in [9.17, 15) is 21.2 Å². The smallest absolute Gasteiger partial charge is 0.243 e. The van der Waals surface area contributed by atoms with Gasteiger partial charge in [-0.25, -0.2) is 25.9 Å². The summed E-state index contributed by atoms with van der Waals surface area (Å²) in [6.07, 6.45) is 1.66. The highest BCUT2D eigenvalue weighted by atomic mass is 32.2. The number of nitrogens with zero attached hydrogens (tertiary/aromatic N) is 2. The maximum Gasteiger partial charge on any atom is 0.243 e. The number of halogens is 1. The molecule has 1 saturated carbocycles. The summed E-state index contributed by atoms with van der Waals surface area (Å²) in [6.45, 7) is 1.57. The Kier molecular flexibility index (Phi) is 5.36. The van der Waals surface area contributed by atoms with Gasteiger partial charge >= 0.3 is 0 Å². The zero-order valence-electron chi connectivity index (χ0n) is 15.7. The lowest BCUT2D eigenvalue weighted by molar-refractivity contribution is 0.385. The SMILES string of the molecule is O=S(=O)(NC1CC1)c1ccc(S(=O)(=O)N2CCN(c3ccc(F)cc3)CC2)cc1. The molecule has 2 aromatic rings. The van der Waals surface area contributed by atoms with Gasteiger partial charge in [-0.2, -0.15) is 4.31 Å². The Bertz CT molecular complexity index is 1080. The summed E-state index contributed by atoms with van der Waals surface area (Å²) in [7, 11) is -7.33. The molecule has 0 aromatic heterocycles. The summed E-state index contributed by atoms with van der Waals surface area (Å²) in [5.41, 5.74) is 0.848. The molecule has 1 aliphatic heterocycles. The van der Waals surface area contributed by atoms with Crippen molar-refractivity contribution in [3.63, 3.8) is 0 Å². The summed E-state index contributed by atoms with van der Waals surface area (Å²) < 4.78 is 67.4. The molecule has 156 valence electrons. The van der Waals surface area contributed by atoms with E-state index in [0.29, 0.717) is 26.2 Å². The van der Waals surface area contributed by atoms with Crippen molar-refractivity contribution in [2.75, 3.05) is 31.1 Å². The predicted octanol–water partition coefficient (Wildman–Crippen LogP) is 1.78. The molecule has 0 radical (unpaired) electrons. The molecule has 1 saturated heterocycles. The Hall–Kier alpha value is -2.01. The lowest BCUT2D eigenvalue weighted by atomic mass is 10.2. The first-order valence-corrected chi connectivity index (χ1v) is 12.3. The van der Waals surface area contributed by atoms with E-state index in [-0.39, 0.29) is 21.7 Å². The van der Waals surface area contributed by atoms with Crippen LogP contribution in [0.2, 0.25) is 0 Å². The Balaban J connectivity index is 1.44. The van der Waals surface area contributed by atoms with Gasteiger partial charge in [0.05, 0.1) is 9.79 Å². The largest absolute Gasteiger partial charge is 0.369 e. The van der Waals surface area contributed by atoms with Crippen LogP contribution < -0.4 is 9.62 Å². The number of nitrogens with one attached hydrogen (secondary N) is 1. The van der Waals surface area contributed by atoms with Gasteiger partial charge < -0.3 is 4.90 Å². The third kappa shape index (κ3) is 4.45. The van der Waals surface area contributed by atoms with Crippen LogP contribution in [0.1, 0.15) is 12.8 Å². The van der Waals surface area contributed by atoms with Crippen LogP contribution in [0.4, 0.5) is 10.1 Å². The number of anilines is 1. The number of hydrogen-bond donors (Lipinski definition) is 1. The van der Waals surface area contributed by atoms with Gasteiger partial charge in [0.2, 0.25) is 20.0 Å². The Morgan fingerprint density at radius 2 is 1.34 bits per heavy atom. The van der Waals surface area contributed by atoms with Crippen molar-refractivity contribution >= 4 is 25.7 Å². The topological polar surface area (TPSA) is 86.8 Å². The van der Waals surface area contributed by atoms with E-state index in [1.54, 1.807) is 12.1 Å². The molecule has 29 heavy (non-hydrogen) atoms. The van der Waals surface area contributed by atoms with Gasteiger partial charge in [0, 0.05) is 37.9 Å². The van der Waals surface area contributed by atoms with Gasteiger partial charge in [-0.05, 0) is 61.4 Å². The molecule has 2 fully saturated rings. The predicted molar refractivity (Wildman–Crippen MR) is 107 cm³/mol. The Labute approximate surface area is 170 Å². The number of benzene rings is 2. The highest BCUT2D eigenvalue weighted by Crippen LogP contribution is 2.25. The lowest BCUT2D eigenvalue weighted by Gasteiger charge is -2.35. The van der Waals surface area contributed by atoms with E-state index >= 15 is 0 Å². The van der Waals surface area contributed by atoms with Crippen LogP contribution in [0.25, 0.3) is 0 Å². The van der Waals surface area contributed by atoms with Crippen LogP contribution in [0, 0.1) is 5.82 Å². The van der Waals surface area contributed by atoms with E-state index in [4.69, 9.17) is 0 Å². The lowest BCUT2D eigenvalue weighted by Crippen LogP contribution is -2.48. The van der Waals surface area contributed by atoms with Gasteiger partial charge in [-0.15, -0.1) is 0 Å². The second kappa shape index (κ2) is 7.67. The number of hydrogen-bond acceptors (Lipinski definition) is 5. The standard InChI is InChI=1S/C19H22FN3O4S2/c20-15-1-5-17(6-2-15)22-11-13-23(14-12-22)29(26,27)19-9-7-18(8-10-19)28(24,25)21-16-3-4-16/h1-2,5-10,16,21H,3-4,11-14H2. The molecule has 1 aliphatic carbocycles. The molecular formula is C19H22FN3O4S2. The summed E-state index contributed by atoms with van der Waals surface area (Å²) >= 11 is 0. The molecule has 0 spiro atoms. The fourth-order valence-corrected chi connectivity index (χ4v) is 5.99. The first-order chi connectivity index (χ1) is 13.8. The second-order valence-corrected chi connectivity index (χ2v) is 10.9. The van der Waals surface area contributed by atoms with Crippen LogP contribution in [0.5, 0.6) is 0 Å². The van der Waals surface area contributed by atoms with E-state index < -0.39 is 20.0 Å². The van der Waals surface area contributed by atoms with Gasteiger partial charge in [-0.3, -0.25) is 0 Å². The summed E-state index contributed by atoms with van der Waals surface area (Å²) in [5, 5.41) is 0. The summed E-state index contributed by atoms with van der Waals surface area (Å²) in [6, 6.07) is 11.4. The van der Waals surface area contributed by atoms with Crippen molar-refractivity contribution in [3.05, 3.63) is 54.3 Å². The quantitative estimate of drug-likeness (QED) is 0.742. The fourth-order valence-electron chi connectivity index (χ4n) is 3.27. The van der Waals surface area contributed by atoms with Crippen molar-refractivity contribution in [2.45, 2.75) is 28.7 Å². The normalized spacial score (nSPS) is 18.7. The maximum atomic E-state index is 13.1. The van der Waals surface area contributed by atoms with E-state index in [2.05, 4.69) is 4.72 Å². The Morgan fingerprint density at radius 3 is 1.90 bits per heavy atom. The number of sulfonamides is 2. The van der Waals surface area contributed by atoms with E-state index in [1.165, 1.54) is 40.7 Å². The molecule has 1 N–H and O–H groups in total. The number of piperazine rings is 1. The molecule has 1 heterocycles. The minimum absolute atomic E-state index is 0.0131. The van der Waals surface area contributed by atoms with E-state index in [0.717, 1.165) is 18.5 Å². The van der Waals surface area contributed by atoms with Crippen molar-refractivity contribution in [3.8, 4) is 0 Å². The monoisotopic (exact) mass is 439 g/mol. The Morgan fingerprint density at radius 1 is 0.793 bits per heavy atom. The highest BCUT2D eigenvalue weighted by molar-refractivity contribution is 7.89. The zero-order valence-corrected chi connectivity index (χ0v) is 17.3. The van der Waals surface area contributed by atoms with Crippen molar-refractivity contribution in [1.29, 1.82) is 0 Å². The minimum Gasteiger partial charge on any atom is -0.369 e. The molecule has 0 amide bonds. The molecule has 2 aliphatic rings. The molecule has 7 nitrogen and oxygen atoms in total. The molecule has 0 bridgehead atoms. The first kappa shape index (κ1) is 20.3. The van der Waals surface area contributed by atoms with Crippen molar-refractivity contribution in [2.24, 2.45) is 0 Å². The van der Waals surface area contributed by atoms with Gasteiger partial charge in [0.15, 0.2) is 0 Å². The molecule has 4 rings (SSSR count). The second-order valence-electron chi connectivity index (χ2n) is 7.23. The number of rotatable bonds is 6. The molecule has 10 heteroatoms. The third-order valence-corrected chi connectivity index (χ3v) is 8.55. The maximum absolute atomic E-state index is 13.1. The van der Waals surface area contributed by atoms with Crippen LogP contribution >= 0.6 is 0 Å². The zero-order chi connectivity index (χ0) is 20.6. The average Bonchev–Trinajstić information content (AvgIpc) is 3.52.